The summed E-state index contributed by atoms with van der Waals surface area (Å²) in [6, 6.07) is 21.4. The van der Waals surface area contributed by atoms with Crippen LogP contribution in [0, 0.1) is 6.92 Å². The third-order valence-electron chi connectivity index (χ3n) is 5.17. The number of anilines is 1. The second-order valence-corrected chi connectivity index (χ2v) is 7.38. The van der Waals surface area contributed by atoms with Gasteiger partial charge in [0.1, 0.15) is 12.0 Å². The molecule has 2 amide bonds. The number of benzene rings is 3. The average Bonchev–Trinajstić information content (AvgIpc) is 3.35. The van der Waals surface area contributed by atoms with Gasteiger partial charge in [-0.2, -0.15) is 0 Å². The van der Waals surface area contributed by atoms with Crippen LogP contribution in [0.5, 0.6) is 5.75 Å². The van der Waals surface area contributed by atoms with Gasteiger partial charge >= 0.3 is 0 Å². The first-order valence-electron chi connectivity index (χ1n) is 10.1. The zero-order valence-electron chi connectivity index (χ0n) is 17.5. The van der Waals surface area contributed by atoms with E-state index in [9.17, 15) is 14.7 Å². The van der Waals surface area contributed by atoms with Crippen LogP contribution < -0.4 is 10.6 Å². The number of nitrogens with one attached hydrogen (secondary N) is 2. The molecule has 0 aliphatic rings. The van der Waals surface area contributed by atoms with Crippen LogP contribution in [-0.2, 0) is 6.54 Å². The van der Waals surface area contributed by atoms with E-state index in [-0.39, 0.29) is 24.1 Å². The Kier molecular flexibility index (Phi) is 6.03. The van der Waals surface area contributed by atoms with Gasteiger partial charge in [0.2, 0.25) is 0 Å². The third kappa shape index (κ3) is 4.70. The summed E-state index contributed by atoms with van der Waals surface area (Å²) < 4.78 is 4.96. The van der Waals surface area contributed by atoms with Crippen LogP contribution in [0.2, 0.25) is 0 Å². The van der Waals surface area contributed by atoms with Crippen molar-refractivity contribution < 1.29 is 19.1 Å². The van der Waals surface area contributed by atoms with Gasteiger partial charge in [0, 0.05) is 23.4 Å². The van der Waals surface area contributed by atoms with E-state index >= 15 is 0 Å². The smallest absolute Gasteiger partial charge is 0.258 e. The molecule has 4 aromatic rings. The van der Waals surface area contributed by atoms with Gasteiger partial charge in [0.05, 0.1) is 11.8 Å². The summed E-state index contributed by atoms with van der Waals surface area (Å²) >= 11 is 0. The molecule has 0 unspecified atom stereocenters. The summed E-state index contributed by atoms with van der Waals surface area (Å²) in [5.74, 6) is -0.318. The minimum Gasteiger partial charge on any atom is -0.508 e. The summed E-state index contributed by atoms with van der Waals surface area (Å²) in [5, 5.41) is 15.5. The van der Waals surface area contributed by atoms with Crippen LogP contribution in [0.4, 0.5) is 5.69 Å². The Morgan fingerprint density at radius 1 is 0.906 bits per heavy atom. The molecule has 0 saturated heterocycles. The minimum absolute atomic E-state index is 0.151. The van der Waals surface area contributed by atoms with Gasteiger partial charge in [-0.25, -0.2) is 0 Å². The van der Waals surface area contributed by atoms with E-state index in [0.717, 1.165) is 16.7 Å². The molecule has 4 rings (SSSR count). The van der Waals surface area contributed by atoms with Crippen molar-refractivity contribution in [3.05, 3.63) is 108 Å². The summed E-state index contributed by atoms with van der Waals surface area (Å²) in [7, 11) is 0. The highest BCUT2D eigenvalue weighted by molar-refractivity contribution is 6.04. The molecule has 3 aromatic carbocycles. The number of para-hydroxylation sites is 1. The molecule has 3 N–H and O–H groups in total. The molecule has 32 heavy (non-hydrogen) atoms. The highest BCUT2D eigenvalue weighted by Crippen LogP contribution is 2.27. The molecule has 1 aromatic heterocycles. The zero-order valence-corrected chi connectivity index (χ0v) is 17.5. The maximum absolute atomic E-state index is 12.5. The second-order valence-electron chi connectivity index (χ2n) is 7.38. The molecule has 0 bridgehead atoms. The first-order chi connectivity index (χ1) is 15.5. The van der Waals surface area contributed by atoms with E-state index < -0.39 is 0 Å². The molecule has 0 fully saturated rings. The Bertz CT molecular complexity index is 1250. The Hall–Kier alpha value is -4.32. The Balaban J connectivity index is 1.46. The number of amides is 2. The number of hydrogen-bond acceptors (Lipinski definition) is 4. The molecular formula is C26H22N2O4. The molecule has 0 saturated carbocycles. The number of aromatic hydroxyl groups is 1. The third-order valence-corrected chi connectivity index (χ3v) is 5.17. The van der Waals surface area contributed by atoms with Crippen LogP contribution in [0.1, 0.15) is 31.8 Å². The highest BCUT2D eigenvalue weighted by atomic mass is 16.3. The van der Waals surface area contributed by atoms with Crippen molar-refractivity contribution in [2.75, 3.05) is 5.32 Å². The molecule has 0 atom stereocenters. The number of furan rings is 1. The number of phenols is 1. The van der Waals surface area contributed by atoms with Crippen LogP contribution in [-0.4, -0.2) is 16.9 Å². The normalized spacial score (nSPS) is 10.5. The number of carbonyl (C=O) groups is 2. The first-order valence-corrected chi connectivity index (χ1v) is 10.1. The number of aryl methyl sites for hydroxylation is 1. The lowest BCUT2D eigenvalue weighted by Crippen LogP contribution is -2.22. The van der Waals surface area contributed by atoms with Gasteiger partial charge in [0.25, 0.3) is 11.8 Å². The molecule has 6 heteroatoms. The molecule has 6 nitrogen and oxygen atoms in total. The van der Waals surface area contributed by atoms with Crippen molar-refractivity contribution in [2.45, 2.75) is 13.5 Å². The maximum atomic E-state index is 12.5. The predicted molar refractivity (Wildman–Crippen MR) is 123 cm³/mol. The summed E-state index contributed by atoms with van der Waals surface area (Å²) in [5.41, 5.74) is 5.22. The standard InChI is InChI=1S/C26H22N2O4/c1-17-6-11-22(28-26(31)21-12-13-32-16-21)14-23(17)18-7-9-19(10-8-18)25(30)27-15-20-4-2-3-5-24(20)29/h2-14,16,29H,15H2,1H3,(H,27,30)(H,28,31). The lowest BCUT2D eigenvalue weighted by atomic mass is 9.98. The van der Waals surface area contributed by atoms with Crippen LogP contribution >= 0.6 is 0 Å². The quantitative estimate of drug-likeness (QED) is 0.398. The molecule has 0 spiro atoms. The van der Waals surface area contributed by atoms with Crippen LogP contribution in [0.3, 0.4) is 0 Å². The minimum atomic E-state index is -0.245. The Morgan fingerprint density at radius 2 is 1.69 bits per heavy atom. The molecular weight excluding hydrogens is 404 g/mol. The number of rotatable bonds is 6. The summed E-state index contributed by atoms with van der Waals surface area (Å²) in [6.45, 7) is 2.23. The Morgan fingerprint density at radius 3 is 2.41 bits per heavy atom. The highest BCUT2D eigenvalue weighted by Gasteiger charge is 2.11. The van der Waals surface area contributed by atoms with E-state index in [1.807, 2.05) is 43.3 Å². The fraction of sp³-hybridized carbons (Fsp3) is 0.0769. The van der Waals surface area contributed by atoms with Crippen molar-refractivity contribution >= 4 is 17.5 Å². The van der Waals surface area contributed by atoms with E-state index in [1.54, 1.807) is 36.4 Å². The lowest BCUT2D eigenvalue weighted by molar-refractivity contribution is 0.0950. The fourth-order valence-electron chi connectivity index (χ4n) is 3.35. The largest absolute Gasteiger partial charge is 0.508 e. The van der Waals surface area contributed by atoms with Gasteiger partial charge in [0.15, 0.2) is 0 Å². The first kappa shape index (κ1) is 20.9. The van der Waals surface area contributed by atoms with E-state index in [4.69, 9.17) is 4.42 Å². The van der Waals surface area contributed by atoms with E-state index in [2.05, 4.69) is 10.6 Å². The lowest BCUT2D eigenvalue weighted by Gasteiger charge is -2.11. The van der Waals surface area contributed by atoms with Gasteiger partial charge in [-0.1, -0.05) is 36.4 Å². The predicted octanol–water partition coefficient (Wildman–Crippen LogP) is 5.14. The molecule has 0 aliphatic carbocycles. The van der Waals surface area contributed by atoms with Gasteiger partial charge in [-0.05, 0) is 60.0 Å². The number of carbonyl (C=O) groups excluding carboxylic acids is 2. The van der Waals surface area contributed by atoms with Crippen LogP contribution in [0.15, 0.2) is 89.7 Å². The summed E-state index contributed by atoms with van der Waals surface area (Å²) in [4.78, 5) is 24.8. The van der Waals surface area contributed by atoms with Crippen LogP contribution in [0.25, 0.3) is 11.1 Å². The average molecular weight is 426 g/mol. The monoisotopic (exact) mass is 426 g/mol. The molecule has 1 heterocycles. The van der Waals surface area contributed by atoms with Gasteiger partial charge < -0.3 is 20.2 Å². The number of hydrogen-bond donors (Lipinski definition) is 3. The van der Waals surface area contributed by atoms with E-state index in [0.29, 0.717) is 22.4 Å². The van der Waals surface area contributed by atoms with Gasteiger partial charge in [-0.15, -0.1) is 0 Å². The zero-order chi connectivity index (χ0) is 22.5. The topological polar surface area (TPSA) is 91.6 Å². The number of phenolic OH excluding ortho intramolecular Hbond substituents is 1. The van der Waals surface area contributed by atoms with Gasteiger partial charge in [-0.3, -0.25) is 9.59 Å². The molecule has 160 valence electrons. The molecule has 0 aliphatic heterocycles. The van der Waals surface area contributed by atoms with Crippen molar-refractivity contribution in [1.82, 2.24) is 5.32 Å². The fourth-order valence-corrected chi connectivity index (χ4v) is 3.35. The Labute approximate surface area is 185 Å². The van der Waals surface area contributed by atoms with Crippen molar-refractivity contribution in [1.29, 1.82) is 0 Å². The van der Waals surface area contributed by atoms with Crippen molar-refractivity contribution in [2.24, 2.45) is 0 Å². The second kappa shape index (κ2) is 9.22. The molecule has 0 radical (unpaired) electrons. The summed E-state index contributed by atoms with van der Waals surface area (Å²) in [6.07, 6.45) is 2.85. The maximum Gasteiger partial charge on any atom is 0.258 e. The van der Waals surface area contributed by atoms with Crippen molar-refractivity contribution in [3.8, 4) is 16.9 Å². The van der Waals surface area contributed by atoms with E-state index in [1.165, 1.54) is 12.5 Å². The van der Waals surface area contributed by atoms with Crippen molar-refractivity contribution in [3.63, 3.8) is 0 Å². The SMILES string of the molecule is Cc1ccc(NC(=O)c2ccoc2)cc1-c1ccc(C(=O)NCc2ccccc2O)cc1.